The Balaban J connectivity index is 2.41. The predicted octanol–water partition coefficient (Wildman–Crippen LogP) is 4.92. The van der Waals surface area contributed by atoms with Crippen molar-refractivity contribution in [2.75, 3.05) is 7.05 Å². The largest absolute Gasteiger partial charge is 0.309 e. The number of benzene rings is 1. The minimum Gasteiger partial charge on any atom is -0.309 e. The van der Waals surface area contributed by atoms with Crippen LogP contribution in [0.25, 0.3) is 0 Å². The third-order valence-corrected chi connectivity index (χ3v) is 5.23. The van der Waals surface area contributed by atoms with Gasteiger partial charge in [-0.2, -0.15) is 0 Å². The van der Waals surface area contributed by atoms with Gasteiger partial charge in [0.2, 0.25) is 0 Å². The standard InChI is InChI=1S/C13H12BrClFNS/c1-7-9(14)6-12(18-7)13(17-2)8-3-4-10(15)11(16)5-8/h3-6,13,17H,1-2H3. The van der Waals surface area contributed by atoms with Crippen LogP contribution in [0.15, 0.2) is 28.7 Å². The molecule has 1 aromatic carbocycles. The lowest BCUT2D eigenvalue weighted by molar-refractivity contribution is 0.618. The number of nitrogens with one attached hydrogen (secondary N) is 1. The van der Waals surface area contributed by atoms with Crippen molar-refractivity contribution in [3.05, 3.63) is 54.9 Å². The van der Waals surface area contributed by atoms with Crippen molar-refractivity contribution in [2.45, 2.75) is 13.0 Å². The van der Waals surface area contributed by atoms with Crippen LogP contribution >= 0.6 is 38.9 Å². The van der Waals surface area contributed by atoms with E-state index in [0.29, 0.717) is 0 Å². The molecule has 2 aromatic rings. The molecule has 1 heterocycles. The van der Waals surface area contributed by atoms with E-state index in [1.165, 1.54) is 10.9 Å². The lowest BCUT2D eigenvalue weighted by Gasteiger charge is -2.15. The summed E-state index contributed by atoms with van der Waals surface area (Å²) in [6.45, 7) is 2.05. The van der Waals surface area contributed by atoms with Gasteiger partial charge in [-0.1, -0.05) is 17.7 Å². The number of halogens is 3. The lowest BCUT2D eigenvalue weighted by Crippen LogP contribution is -2.16. The van der Waals surface area contributed by atoms with E-state index in [1.807, 2.05) is 20.0 Å². The molecule has 0 aliphatic rings. The summed E-state index contributed by atoms with van der Waals surface area (Å²) in [7, 11) is 1.86. The Kier molecular flexibility index (Phi) is 4.43. The zero-order chi connectivity index (χ0) is 13.3. The van der Waals surface area contributed by atoms with Gasteiger partial charge in [0.1, 0.15) is 5.82 Å². The van der Waals surface area contributed by atoms with Gasteiger partial charge >= 0.3 is 0 Å². The van der Waals surface area contributed by atoms with E-state index in [9.17, 15) is 4.39 Å². The summed E-state index contributed by atoms with van der Waals surface area (Å²) in [6.07, 6.45) is 0. The third kappa shape index (κ3) is 2.77. The van der Waals surface area contributed by atoms with Gasteiger partial charge in [0.05, 0.1) is 11.1 Å². The van der Waals surface area contributed by atoms with Crippen LogP contribution < -0.4 is 5.32 Å². The quantitative estimate of drug-likeness (QED) is 0.830. The van der Waals surface area contributed by atoms with E-state index >= 15 is 0 Å². The first-order valence-corrected chi connectivity index (χ1v) is 7.39. The maximum absolute atomic E-state index is 13.5. The monoisotopic (exact) mass is 347 g/mol. The molecule has 0 aliphatic carbocycles. The molecular weight excluding hydrogens is 337 g/mol. The second kappa shape index (κ2) is 5.70. The average Bonchev–Trinajstić information content (AvgIpc) is 2.65. The molecule has 1 atom stereocenters. The first-order valence-electron chi connectivity index (χ1n) is 5.41. The number of hydrogen-bond donors (Lipinski definition) is 1. The highest BCUT2D eigenvalue weighted by molar-refractivity contribution is 9.10. The van der Waals surface area contributed by atoms with Crippen LogP contribution in [0, 0.1) is 12.7 Å². The summed E-state index contributed by atoms with van der Waals surface area (Å²) in [5.74, 6) is -0.387. The molecule has 0 fully saturated rings. The average molecular weight is 349 g/mol. The molecule has 1 nitrogen and oxygen atoms in total. The van der Waals surface area contributed by atoms with Crippen LogP contribution in [0.5, 0.6) is 0 Å². The zero-order valence-corrected chi connectivity index (χ0v) is 13.1. The van der Waals surface area contributed by atoms with E-state index in [0.717, 1.165) is 14.9 Å². The second-order valence-corrected chi connectivity index (χ2v) is 6.50. The molecule has 0 radical (unpaired) electrons. The fraction of sp³-hybridized carbons (Fsp3) is 0.231. The van der Waals surface area contributed by atoms with E-state index < -0.39 is 0 Å². The molecule has 1 aromatic heterocycles. The van der Waals surface area contributed by atoms with Crippen molar-refractivity contribution < 1.29 is 4.39 Å². The van der Waals surface area contributed by atoms with Crippen LogP contribution in [-0.4, -0.2) is 7.05 Å². The maximum atomic E-state index is 13.5. The van der Waals surface area contributed by atoms with Crippen LogP contribution in [0.2, 0.25) is 5.02 Å². The van der Waals surface area contributed by atoms with Crippen molar-refractivity contribution in [1.82, 2.24) is 5.32 Å². The Morgan fingerprint density at radius 2 is 2.11 bits per heavy atom. The Labute approximate surface area is 123 Å². The molecular formula is C13H12BrClFNS. The van der Waals surface area contributed by atoms with E-state index in [2.05, 4.69) is 27.3 Å². The third-order valence-electron chi connectivity index (χ3n) is 2.73. The van der Waals surface area contributed by atoms with E-state index in [4.69, 9.17) is 11.6 Å². The number of aryl methyl sites for hydroxylation is 1. The summed E-state index contributed by atoms with van der Waals surface area (Å²) in [5, 5.41) is 3.35. The van der Waals surface area contributed by atoms with Gasteiger partial charge < -0.3 is 5.32 Å². The highest BCUT2D eigenvalue weighted by Gasteiger charge is 2.16. The molecule has 0 saturated carbocycles. The fourth-order valence-corrected chi connectivity index (χ4v) is 3.61. The van der Waals surface area contributed by atoms with Crippen molar-refractivity contribution in [3.8, 4) is 0 Å². The fourth-order valence-electron chi connectivity index (χ4n) is 1.79. The molecule has 1 N–H and O–H groups in total. The van der Waals surface area contributed by atoms with Gasteiger partial charge in [0, 0.05) is 14.2 Å². The van der Waals surface area contributed by atoms with Gasteiger partial charge in [-0.15, -0.1) is 11.3 Å². The Hall–Kier alpha value is -0.420. The SMILES string of the molecule is CNC(c1ccc(Cl)c(F)c1)c1cc(Br)c(C)s1. The van der Waals surface area contributed by atoms with Crippen molar-refractivity contribution >= 4 is 38.9 Å². The summed E-state index contributed by atoms with van der Waals surface area (Å²) in [6, 6.07) is 6.95. The minimum absolute atomic E-state index is 0.0215. The second-order valence-electron chi connectivity index (χ2n) is 3.95. The summed E-state index contributed by atoms with van der Waals surface area (Å²) in [5.41, 5.74) is 0.869. The predicted molar refractivity (Wildman–Crippen MR) is 79.1 cm³/mol. The smallest absolute Gasteiger partial charge is 0.142 e. The number of thiophene rings is 1. The first-order chi connectivity index (χ1) is 8.52. The Morgan fingerprint density at radius 3 is 2.61 bits per heavy atom. The molecule has 18 heavy (non-hydrogen) atoms. The van der Waals surface area contributed by atoms with Gasteiger partial charge in [-0.3, -0.25) is 0 Å². The van der Waals surface area contributed by atoms with Gasteiger partial charge in [0.25, 0.3) is 0 Å². The van der Waals surface area contributed by atoms with Crippen LogP contribution in [0.3, 0.4) is 0 Å². The van der Waals surface area contributed by atoms with Gasteiger partial charge in [-0.05, 0) is 53.7 Å². The number of rotatable bonds is 3. The normalized spacial score (nSPS) is 12.7. The molecule has 0 spiro atoms. The summed E-state index contributed by atoms with van der Waals surface area (Å²) in [4.78, 5) is 2.35. The van der Waals surface area contributed by atoms with Gasteiger partial charge in [-0.25, -0.2) is 4.39 Å². The Morgan fingerprint density at radius 1 is 1.39 bits per heavy atom. The molecule has 96 valence electrons. The molecule has 0 saturated heterocycles. The minimum atomic E-state index is -0.387. The highest BCUT2D eigenvalue weighted by atomic mass is 79.9. The molecule has 5 heteroatoms. The summed E-state index contributed by atoms with van der Waals surface area (Å²) >= 11 is 10.9. The molecule has 0 bridgehead atoms. The lowest BCUT2D eigenvalue weighted by atomic mass is 10.1. The van der Waals surface area contributed by atoms with Crippen LogP contribution in [-0.2, 0) is 0 Å². The van der Waals surface area contributed by atoms with Crippen LogP contribution in [0.4, 0.5) is 4.39 Å². The zero-order valence-electron chi connectivity index (χ0n) is 9.93. The topological polar surface area (TPSA) is 12.0 Å². The van der Waals surface area contributed by atoms with E-state index in [-0.39, 0.29) is 16.9 Å². The molecule has 1 unspecified atom stereocenters. The van der Waals surface area contributed by atoms with Crippen molar-refractivity contribution in [2.24, 2.45) is 0 Å². The molecule has 2 rings (SSSR count). The van der Waals surface area contributed by atoms with Crippen LogP contribution in [0.1, 0.15) is 21.4 Å². The highest BCUT2D eigenvalue weighted by Crippen LogP contribution is 2.34. The Bertz CT molecular complexity index is 551. The first kappa shape index (κ1) is 14.0. The van der Waals surface area contributed by atoms with E-state index in [1.54, 1.807) is 17.4 Å². The van der Waals surface area contributed by atoms with Crippen molar-refractivity contribution in [1.29, 1.82) is 0 Å². The number of hydrogen-bond acceptors (Lipinski definition) is 2. The molecule has 0 amide bonds. The summed E-state index contributed by atoms with van der Waals surface area (Å²) < 4.78 is 14.6. The molecule has 0 aliphatic heterocycles. The van der Waals surface area contributed by atoms with Crippen molar-refractivity contribution in [3.63, 3.8) is 0 Å². The van der Waals surface area contributed by atoms with Gasteiger partial charge in [0.15, 0.2) is 0 Å². The maximum Gasteiger partial charge on any atom is 0.142 e.